The number of nitriles is 1. The van der Waals surface area contributed by atoms with Gasteiger partial charge in [0.15, 0.2) is 0 Å². The van der Waals surface area contributed by atoms with Crippen LogP contribution in [0.2, 0.25) is 0 Å². The van der Waals surface area contributed by atoms with E-state index in [1.54, 1.807) is 6.20 Å². The van der Waals surface area contributed by atoms with Gasteiger partial charge in [0.25, 0.3) is 0 Å². The van der Waals surface area contributed by atoms with E-state index in [-0.39, 0.29) is 5.92 Å². The van der Waals surface area contributed by atoms with Crippen molar-refractivity contribution in [1.29, 1.82) is 5.26 Å². The molecule has 2 aromatic rings. The zero-order valence-corrected chi connectivity index (χ0v) is 11.4. The van der Waals surface area contributed by atoms with Gasteiger partial charge in [0, 0.05) is 12.6 Å². The van der Waals surface area contributed by atoms with Crippen molar-refractivity contribution in [2.24, 2.45) is 0 Å². The molecule has 102 valence electrons. The third kappa shape index (κ3) is 3.72. The summed E-state index contributed by atoms with van der Waals surface area (Å²) in [6.45, 7) is 3.08. The van der Waals surface area contributed by atoms with Crippen LogP contribution in [-0.2, 0) is 0 Å². The molecule has 1 heterocycles. The van der Waals surface area contributed by atoms with Crippen LogP contribution in [0.25, 0.3) is 0 Å². The van der Waals surface area contributed by atoms with E-state index in [1.165, 1.54) is 0 Å². The van der Waals surface area contributed by atoms with E-state index in [2.05, 4.69) is 16.4 Å². The molecule has 0 aliphatic rings. The summed E-state index contributed by atoms with van der Waals surface area (Å²) in [5, 5.41) is 12.5. The van der Waals surface area contributed by atoms with Gasteiger partial charge in [-0.05, 0) is 18.6 Å². The predicted octanol–water partition coefficient (Wildman–Crippen LogP) is 3.20. The summed E-state index contributed by atoms with van der Waals surface area (Å²) in [4.78, 5) is 4.18. The molecular weight excluding hydrogens is 250 g/mol. The largest absolute Gasteiger partial charge is 0.478 e. The Morgan fingerprint density at radius 3 is 2.65 bits per heavy atom. The van der Waals surface area contributed by atoms with Gasteiger partial charge in [0.05, 0.1) is 30.5 Å². The molecule has 1 aromatic heterocycles. The number of nitrogens with zero attached hydrogens (tertiary/aromatic N) is 2. The fourth-order valence-electron chi connectivity index (χ4n) is 1.86. The Labute approximate surface area is 119 Å². The lowest BCUT2D eigenvalue weighted by Crippen LogP contribution is -2.11. The highest BCUT2D eigenvalue weighted by Crippen LogP contribution is 2.17. The fraction of sp³-hybridized carbons (Fsp3) is 0.250. The van der Waals surface area contributed by atoms with Crippen molar-refractivity contribution in [3.63, 3.8) is 0 Å². The van der Waals surface area contributed by atoms with E-state index in [0.29, 0.717) is 19.0 Å². The fourth-order valence-corrected chi connectivity index (χ4v) is 1.86. The third-order valence-electron chi connectivity index (χ3n) is 2.90. The molecule has 20 heavy (non-hydrogen) atoms. The van der Waals surface area contributed by atoms with Crippen molar-refractivity contribution in [2.45, 2.75) is 12.8 Å². The van der Waals surface area contributed by atoms with Crippen LogP contribution in [0.4, 0.5) is 5.69 Å². The van der Waals surface area contributed by atoms with Gasteiger partial charge >= 0.3 is 0 Å². The lowest BCUT2D eigenvalue weighted by atomic mass is 10.0. The van der Waals surface area contributed by atoms with Crippen molar-refractivity contribution >= 4 is 5.69 Å². The van der Waals surface area contributed by atoms with E-state index in [4.69, 9.17) is 4.74 Å². The standard InChI is InChI=1S/C16H17N3O/c1-2-20-16-9-8-15(12-19-16)18-11-14(10-17)13-6-4-3-5-7-13/h3-9,12,14,18H,2,11H2,1H3. The van der Waals surface area contributed by atoms with Crippen molar-refractivity contribution < 1.29 is 4.74 Å². The summed E-state index contributed by atoms with van der Waals surface area (Å²) in [5.41, 5.74) is 1.89. The zero-order valence-electron chi connectivity index (χ0n) is 11.4. The Hall–Kier alpha value is -2.54. The summed E-state index contributed by atoms with van der Waals surface area (Å²) in [6, 6.07) is 15.8. The van der Waals surface area contributed by atoms with E-state index in [1.807, 2.05) is 49.4 Å². The Bertz CT molecular complexity index is 561. The molecule has 2 rings (SSSR count). The van der Waals surface area contributed by atoms with Crippen LogP contribution in [0, 0.1) is 11.3 Å². The van der Waals surface area contributed by atoms with Crippen LogP contribution in [-0.4, -0.2) is 18.1 Å². The molecule has 4 heteroatoms. The molecule has 1 aromatic carbocycles. The van der Waals surface area contributed by atoms with Gasteiger partial charge < -0.3 is 10.1 Å². The highest BCUT2D eigenvalue weighted by molar-refractivity contribution is 5.43. The second kappa shape index (κ2) is 7.15. The van der Waals surface area contributed by atoms with Gasteiger partial charge in [-0.25, -0.2) is 4.98 Å². The van der Waals surface area contributed by atoms with Crippen LogP contribution in [0.5, 0.6) is 5.88 Å². The molecule has 0 saturated heterocycles. The van der Waals surface area contributed by atoms with Crippen LogP contribution in [0.1, 0.15) is 18.4 Å². The smallest absolute Gasteiger partial charge is 0.213 e. The van der Waals surface area contributed by atoms with Gasteiger partial charge in [-0.3, -0.25) is 0 Å². The molecule has 0 spiro atoms. The highest BCUT2D eigenvalue weighted by atomic mass is 16.5. The number of benzene rings is 1. The summed E-state index contributed by atoms with van der Waals surface area (Å²) in [7, 11) is 0. The highest BCUT2D eigenvalue weighted by Gasteiger charge is 2.09. The summed E-state index contributed by atoms with van der Waals surface area (Å²) < 4.78 is 5.29. The molecule has 0 aliphatic heterocycles. The average molecular weight is 267 g/mol. The minimum atomic E-state index is -0.178. The molecule has 0 radical (unpaired) electrons. The summed E-state index contributed by atoms with van der Waals surface area (Å²) >= 11 is 0. The molecule has 4 nitrogen and oxygen atoms in total. The molecule has 0 aliphatic carbocycles. The van der Waals surface area contributed by atoms with Gasteiger partial charge in [-0.1, -0.05) is 30.3 Å². The first kappa shape index (κ1) is 13.9. The SMILES string of the molecule is CCOc1ccc(NCC(C#N)c2ccccc2)cn1. The Balaban J connectivity index is 1.95. The van der Waals surface area contributed by atoms with Crippen LogP contribution >= 0.6 is 0 Å². The molecule has 0 amide bonds. The minimum Gasteiger partial charge on any atom is -0.478 e. The number of aromatic nitrogens is 1. The lowest BCUT2D eigenvalue weighted by Gasteiger charge is -2.12. The lowest BCUT2D eigenvalue weighted by molar-refractivity contribution is 0.327. The van der Waals surface area contributed by atoms with Crippen molar-refractivity contribution in [2.75, 3.05) is 18.5 Å². The van der Waals surface area contributed by atoms with Gasteiger partial charge in [-0.2, -0.15) is 5.26 Å². The van der Waals surface area contributed by atoms with Gasteiger partial charge in [-0.15, -0.1) is 0 Å². The first-order chi connectivity index (χ1) is 9.83. The molecule has 0 fully saturated rings. The van der Waals surface area contributed by atoms with Gasteiger partial charge in [0.1, 0.15) is 0 Å². The first-order valence-electron chi connectivity index (χ1n) is 6.60. The first-order valence-corrected chi connectivity index (χ1v) is 6.60. The molecule has 1 atom stereocenters. The molecule has 0 bridgehead atoms. The van der Waals surface area contributed by atoms with E-state index in [0.717, 1.165) is 11.3 Å². The summed E-state index contributed by atoms with van der Waals surface area (Å²) in [6.07, 6.45) is 1.71. The van der Waals surface area contributed by atoms with E-state index >= 15 is 0 Å². The van der Waals surface area contributed by atoms with E-state index in [9.17, 15) is 5.26 Å². The third-order valence-corrected chi connectivity index (χ3v) is 2.90. The van der Waals surface area contributed by atoms with Crippen LogP contribution in [0.15, 0.2) is 48.7 Å². The number of nitrogens with one attached hydrogen (secondary N) is 1. The number of hydrogen-bond acceptors (Lipinski definition) is 4. The van der Waals surface area contributed by atoms with Gasteiger partial charge in [0.2, 0.25) is 5.88 Å². The predicted molar refractivity (Wildman–Crippen MR) is 78.7 cm³/mol. The maximum absolute atomic E-state index is 9.25. The molecular formula is C16H17N3O. The van der Waals surface area contributed by atoms with Crippen molar-refractivity contribution in [1.82, 2.24) is 4.98 Å². The second-order valence-corrected chi connectivity index (χ2v) is 4.29. The topological polar surface area (TPSA) is 57.9 Å². The van der Waals surface area contributed by atoms with Crippen molar-refractivity contribution in [3.05, 3.63) is 54.2 Å². The second-order valence-electron chi connectivity index (χ2n) is 4.29. The Morgan fingerprint density at radius 2 is 2.05 bits per heavy atom. The molecule has 1 unspecified atom stereocenters. The van der Waals surface area contributed by atoms with Crippen LogP contribution < -0.4 is 10.1 Å². The quantitative estimate of drug-likeness (QED) is 0.873. The van der Waals surface area contributed by atoms with Crippen molar-refractivity contribution in [3.8, 4) is 11.9 Å². The summed E-state index contributed by atoms with van der Waals surface area (Å²) in [5.74, 6) is 0.431. The van der Waals surface area contributed by atoms with E-state index < -0.39 is 0 Å². The molecule has 0 saturated carbocycles. The number of anilines is 1. The normalized spacial score (nSPS) is 11.4. The average Bonchev–Trinajstić information content (AvgIpc) is 2.51. The molecule has 1 N–H and O–H groups in total. The number of pyridine rings is 1. The number of ether oxygens (including phenoxy) is 1. The van der Waals surface area contributed by atoms with Crippen LogP contribution in [0.3, 0.4) is 0 Å². The monoisotopic (exact) mass is 267 g/mol. The minimum absolute atomic E-state index is 0.178. The maximum atomic E-state index is 9.25. The number of rotatable bonds is 6. The zero-order chi connectivity index (χ0) is 14.2. The Morgan fingerprint density at radius 1 is 1.25 bits per heavy atom. The number of hydrogen-bond donors (Lipinski definition) is 1. The maximum Gasteiger partial charge on any atom is 0.213 e. The Kier molecular flexibility index (Phi) is 4.96.